The number of carbonyl (C=O) groups is 1. The van der Waals surface area contributed by atoms with Crippen molar-refractivity contribution in [2.45, 2.75) is 56.4 Å². The summed E-state index contributed by atoms with van der Waals surface area (Å²) in [6.45, 7) is 0.936. The van der Waals surface area contributed by atoms with Crippen LogP contribution in [0.15, 0.2) is 77.2 Å². The number of fused-ring (bicyclic) bond motifs is 1. The lowest BCUT2D eigenvalue weighted by Gasteiger charge is -2.30. The van der Waals surface area contributed by atoms with Crippen LogP contribution in [0.5, 0.6) is 0 Å². The quantitative estimate of drug-likeness (QED) is 0.275. The summed E-state index contributed by atoms with van der Waals surface area (Å²) in [4.78, 5) is 20.7. The second kappa shape index (κ2) is 10.2. The molecule has 2 fully saturated rings. The van der Waals surface area contributed by atoms with Crippen LogP contribution in [0.2, 0.25) is 0 Å². The van der Waals surface area contributed by atoms with Crippen molar-refractivity contribution in [2.75, 3.05) is 11.4 Å². The van der Waals surface area contributed by atoms with Gasteiger partial charge in [0.15, 0.2) is 0 Å². The molecule has 0 spiro atoms. The molecule has 0 saturated heterocycles. The van der Waals surface area contributed by atoms with Crippen LogP contribution in [0.25, 0.3) is 22.7 Å². The zero-order chi connectivity index (χ0) is 28.0. The monoisotopic (exact) mass is 546 g/mol. The lowest BCUT2D eigenvalue weighted by Crippen LogP contribution is -2.42. The van der Waals surface area contributed by atoms with Gasteiger partial charge >= 0.3 is 0 Å². The van der Waals surface area contributed by atoms with Crippen LogP contribution in [-0.4, -0.2) is 23.0 Å². The highest BCUT2D eigenvalue weighted by molar-refractivity contribution is 5.82. The maximum absolute atomic E-state index is 13.7. The Hall–Kier alpha value is -4.44. The molecule has 2 heterocycles. The fraction of sp³-hybridized carbons (Fsp3) is 0.324. The summed E-state index contributed by atoms with van der Waals surface area (Å²) >= 11 is 0. The van der Waals surface area contributed by atoms with E-state index >= 15 is 0 Å². The molecule has 1 aliphatic heterocycles. The number of amides is 1. The van der Waals surface area contributed by atoms with Crippen LogP contribution in [0.3, 0.4) is 0 Å². The van der Waals surface area contributed by atoms with E-state index < -0.39 is 5.54 Å². The molecule has 3 aromatic carbocycles. The van der Waals surface area contributed by atoms with Gasteiger partial charge in [0, 0.05) is 40.9 Å². The van der Waals surface area contributed by atoms with Gasteiger partial charge in [-0.25, -0.2) is 9.37 Å². The predicted molar refractivity (Wildman–Crippen MR) is 155 cm³/mol. The van der Waals surface area contributed by atoms with Gasteiger partial charge in [0.1, 0.15) is 22.8 Å². The van der Waals surface area contributed by atoms with Gasteiger partial charge in [-0.15, -0.1) is 0 Å². The normalized spacial score (nSPS) is 20.7. The van der Waals surface area contributed by atoms with E-state index in [0.717, 1.165) is 49.9 Å². The Bertz CT molecular complexity index is 1630. The number of halogens is 1. The van der Waals surface area contributed by atoms with Crippen molar-refractivity contribution < 1.29 is 13.6 Å². The summed E-state index contributed by atoms with van der Waals surface area (Å²) in [5, 5.41) is 12.6. The third kappa shape index (κ3) is 4.78. The Kier molecular flexibility index (Phi) is 6.34. The van der Waals surface area contributed by atoms with Crippen molar-refractivity contribution in [3.63, 3.8) is 0 Å². The first kappa shape index (κ1) is 25.5. The summed E-state index contributed by atoms with van der Waals surface area (Å²) in [6, 6.07) is 25.3. The molecule has 206 valence electrons. The first-order chi connectivity index (χ1) is 20.0. The molecule has 7 rings (SSSR count). The van der Waals surface area contributed by atoms with Crippen LogP contribution in [0.1, 0.15) is 55.8 Å². The van der Waals surface area contributed by atoms with Crippen LogP contribution in [0.4, 0.5) is 15.8 Å². The molecule has 0 unspecified atom stereocenters. The number of nitrogens with one attached hydrogen (secondary N) is 1. The molecule has 6 nitrogen and oxygen atoms in total. The maximum atomic E-state index is 13.7. The number of carbonyl (C=O) groups excluding carboxylic acids is 1. The Labute approximate surface area is 238 Å². The van der Waals surface area contributed by atoms with Gasteiger partial charge in [-0.3, -0.25) is 4.79 Å². The maximum Gasteiger partial charge on any atom is 0.226 e. The third-order valence-electron chi connectivity index (χ3n) is 8.85. The van der Waals surface area contributed by atoms with E-state index in [1.54, 1.807) is 12.1 Å². The van der Waals surface area contributed by atoms with Gasteiger partial charge in [0.25, 0.3) is 0 Å². The summed E-state index contributed by atoms with van der Waals surface area (Å²) in [6.07, 6.45) is 5.88. The number of hydrogen-bond acceptors (Lipinski definition) is 5. The second-order valence-electron chi connectivity index (χ2n) is 11.5. The molecular formula is C34H31FN4O2. The lowest BCUT2D eigenvalue weighted by molar-refractivity contribution is -0.127. The zero-order valence-electron chi connectivity index (χ0n) is 22.8. The van der Waals surface area contributed by atoms with E-state index in [4.69, 9.17) is 9.40 Å². The van der Waals surface area contributed by atoms with E-state index in [2.05, 4.69) is 64.8 Å². The molecule has 3 aliphatic rings. The van der Waals surface area contributed by atoms with Crippen LogP contribution < -0.4 is 10.2 Å². The number of para-hydroxylation sites is 1. The van der Waals surface area contributed by atoms with Crippen molar-refractivity contribution in [2.24, 2.45) is 5.92 Å². The SMILES string of the molecule is N#CC1(NC(=O)[C@@H]2CCCC[C@H]2c2oc(-c3ccc(F)cc3)nc2-c2ccc(N3CCc4ccccc43)cc2)CC1. The third-order valence-corrected chi connectivity index (χ3v) is 8.85. The Morgan fingerprint density at radius 1 is 1.00 bits per heavy atom. The number of oxazole rings is 1. The highest BCUT2D eigenvalue weighted by Gasteiger charge is 2.47. The Morgan fingerprint density at radius 3 is 2.49 bits per heavy atom. The van der Waals surface area contributed by atoms with Crippen LogP contribution >= 0.6 is 0 Å². The molecule has 2 aliphatic carbocycles. The number of aromatic nitrogens is 1. The van der Waals surface area contributed by atoms with Gasteiger partial charge in [-0.1, -0.05) is 43.2 Å². The molecule has 1 N–H and O–H groups in total. The smallest absolute Gasteiger partial charge is 0.226 e. The van der Waals surface area contributed by atoms with Crippen molar-refractivity contribution in [1.29, 1.82) is 5.26 Å². The van der Waals surface area contributed by atoms with Gasteiger partial charge in [-0.2, -0.15) is 5.26 Å². The van der Waals surface area contributed by atoms with Crippen molar-refractivity contribution in [1.82, 2.24) is 10.3 Å². The van der Waals surface area contributed by atoms with Gasteiger partial charge in [0.05, 0.1) is 6.07 Å². The summed E-state index contributed by atoms with van der Waals surface area (Å²) in [5.41, 5.74) is 5.30. The van der Waals surface area contributed by atoms with Crippen molar-refractivity contribution in [3.05, 3.63) is 89.9 Å². The zero-order valence-corrected chi connectivity index (χ0v) is 22.8. The molecule has 2 saturated carbocycles. The first-order valence-electron chi connectivity index (χ1n) is 14.5. The van der Waals surface area contributed by atoms with E-state index in [9.17, 15) is 14.4 Å². The molecule has 1 aromatic heterocycles. The second-order valence-corrected chi connectivity index (χ2v) is 11.5. The van der Waals surface area contributed by atoms with E-state index in [-0.39, 0.29) is 23.6 Å². The van der Waals surface area contributed by atoms with Crippen LogP contribution in [0, 0.1) is 23.1 Å². The average Bonchev–Trinajstić information content (AvgIpc) is 3.44. The summed E-state index contributed by atoms with van der Waals surface area (Å²) in [7, 11) is 0. The highest BCUT2D eigenvalue weighted by atomic mass is 19.1. The highest BCUT2D eigenvalue weighted by Crippen LogP contribution is 2.45. The summed E-state index contributed by atoms with van der Waals surface area (Å²) in [5.74, 6) is 0.221. The molecule has 2 atom stereocenters. The number of anilines is 2. The van der Waals surface area contributed by atoms with Gasteiger partial charge in [-0.05, 0) is 80.1 Å². The van der Waals surface area contributed by atoms with E-state index in [1.807, 2.05) is 0 Å². The number of rotatable bonds is 6. The average molecular weight is 547 g/mol. The molecule has 1 amide bonds. The number of hydrogen-bond donors (Lipinski definition) is 1. The number of nitrogens with zero attached hydrogens (tertiary/aromatic N) is 3. The molecular weight excluding hydrogens is 515 g/mol. The van der Waals surface area contributed by atoms with Gasteiger partial charge < -0.3 is 14.6 Å². The molecule has 0 bridgehead atoms. The fourth-order valence-corrected chi connectivity index (χ4v) is 6.39. The minimum absolute atomic E-state index is 0.0810. The van der Waals surface area contributed by atoms with E-state index in [0.29, 0.717) is 35.7 Å². The fourth-order valence-electron chi connectivity index (χ4n) is 6.39. The minimum Gasteiger partial charge on any atom is -0.440 e. The first-order valence-corrected chi connectivity index (χ1v) is 14.5. The van der Waals surface area contributed by atoms with Crippen molar-refractivity contribution >= 4 is 17.3 Å². The Balaban J connectivity index is 1.25. The molecule has 4 aromatic rings. The summed E-state index contributed by atoms with van der Waals surface area (Å²) < 4.78 is 20.2. The molecule has 41 heavy (non-hydrogen) atoms. The number of benzene rings is 3. The lowest BCUT2D eigenvalue weighted by atomic mass is 9.76. The van der Waals surface area contributed by atoms with Crippen LogP contribution in [-0.2, 0) is 11.2 Å². The Morgan fingerprint density at radius 2 is 1.73 bits per heavy atom. The van der Waals surface area contributed by atoms with Crippen molar-refractivity contribution in [3.8, 4) is 28.8 Å². The topological polar surface area (TPSA) is 82.2 Å². The largest absolute Gasteiger partial charge is 0.440 e. The molecule has 0 radical (unpaired) electrons. The number of nitriles is 1. The van der Waals surface area contributed by atoms with E-state index in [1.165, 1.54) is 23.4 Å². The minimum atomic E-state index is -0.716. The predicted octanol–water partition coefficient (Wildman–Crippen LogP) is 7.29. The van der Waals surface area contributed by atoms with Gasteiger partial charge in [0.2, 0.25) is 11.8 Å². The standard InChI is InChI=1S/C34H31FN4O2/c35-25-13-9-24(10-14-25)33-37-30(23-11-15-26(16-12-23)39-20-17-22-5-1-4-8-29(22)39)31(41-33)27-6-2-3-7-28(27)32(40)38-34(21-36)18-19-34/h1,4-5,8-16,27-28H,2-3,6-7,17-20H2,(H,38,40)/t27-,28-/m1/s1. The molecule has 7 heteroatoms.